The van der Waals surface area contributed by atoms with Gasteiger partial charge in [-0.1, -0.05) is 92.7 Å². The number of hydrogen-bond donors (Lipinski definition) is 1. The van der Waals surface area contributed by atoms with Crippen LogP contribution in [0.25, 0.3) is 0 Å². The number of rotatable bonds is 8. The van der Waals surface area contributed by atoms with Crippen LogP contribution in [-0.2, 0) is 23.2 Å². The fraction of sp³-hybridized carbons (Fsp3) is 0.207. The first kappa shape index (κ1) is 24.0. The van der Waals surface area contributed by atoms with Gasteiger partial charge in [0.15, 0.2) is 11.6 Å². The Kier molecular flexibility index (Phi) is 7.11. The van der Waals surface area contributed by atoms with Crippen molar-refractivity contribution in [2.75, 3.05) is 5.32 Å². The van der Waals surface area contributed by atoms with Gasteiger partial charge in [-0.2, -0.15) is 0 Å². The van der Waals surface area contributed by atoms with Gasteiger partial charge < -0.3 is 14.6 Å². The highest BCUT2D eigenvalue weighted by molar-refractivity contribution is 6.08. The monoisotopic (exact) mass is 468 g/mol. The lowest BCUT2D eigenvalue weighted by Gasteiger charge is -2.12. The van der Waals surface area contributed by atoms with Gasteiger partial charge in [-0.05, 0) is 23.3 Å². The summed E-state index contributed by atoms with van der Waals surface area (Å²) in [6, 6.07) is 25.8. The zero-order valence-corrected chi connectivity index (χ0v) is 20.1. The Morgan fingerprint density at radius 3 is 2.11 bits per heavy atom. The molecular formula is C29H28N2O4. The number of benzene rings is 3. The van der Waals surface area contributed by atoms with Crippen LogP contribution in [0.4, 0.5) is 5.82 Å². The van der Waals surface area contributed by atoms with Crippen molar-refractivity contribution in [1.29, 1.82) is 0 Å². The Labute approximate surface area is 204 Å². The van der Waals surface area contributed by atoms with Gasteiger partial charge in [-0.15, -0.1) is 0 Å². The maximum atomic E-state index is 12.5. The van der Waals surface area contributed by atoms with Crippen molar-refractivity contribution in [3.05, 3.63) is 113 Å². The molecule has 0 fully saturated rings. The Morgan fingerprint density at radius 1 is 0.857 bits per heavy atom. The van der Waals surface area contributed by atoms with Crippen molar-refractivity contribution in [3.63, 3.8) is 0 Å². The van der Waals surface area contributed by atoms with Crippen LogP contribution >= 0.6 is 0 Å². The molecule has 1 N–H and O–H groups in total. The molecule has 0 radical (unpaired) electrons. The third kappa shape index (κ3) is 6.44. The molecule has 1 heterocycles. The molecule has 0 aliphatic carbocycles. The minimum absolute atomic E-state index is 0.00381. The largest absolute Gasteiger partial charge is 0.489 e. The third-order valence-electron chi connectivity index (χ3n) is 5.46. The van der Waals surface area contributed by atoms with E-state index in [0.29, 0.717) is 35.1 Å². The number of aromatic nitrogens is 1. The van der Waals surface area contributed by atoms with Gasteiger partial charge in [0, 0.05) is 22.6 Å². The van der Waals surface area contributed by atoms with Gasteiger partial charge in [0.2, 0.25) is 5.91 Å². The lowest BCUT2D eigenvalue weighted by Crippen LogP contribution is -2.14. The minimum atomic E-state index is -0.173. The molecule has 3 aromatic carbocycles. The lowest BCUT2D eigenvalue weighted by molar-refractivity contribution is -0.115. The molecule has 0 spiro atoms. The van der Waals surface area contributed by atoms with E-state index in [-0.39, 0.29) is 23.5 Å². The van der Waals surface area contributed by atoms with Crippen LogP contribution in [0.2, 0.25) is 0 Å². The first-order chi connectivity index (χ1) is 16.8. The number of nitrogens with zero attached hydrogens (tertiary/aromatic N) is 1. The van der Waals surface area contributed by atoms with Crippen LogP contribution in [0.1, 0.15) is 53.6 Å². The Bertz CT molecular complexity index is 1290. The van der Waals surface area contributed by atoms with E-state index in [9.17, 15) is 9.59 Å². The molecule has 178 valence electrons. The molecule has 6 nitrogen and oxygen atoms in total. The predicted octanol–water partition coefficient (Wildman–Crippen LogP) is 5.96. The summed E-state index contributed by atoms with van der Waals surface area (Å²) in [5.41, 5.74) is 2.95. The SMILES string of the molecule is CC(C)(C)c1cc(NC(=O)Cc2ccc(OCc3ccc(C(=O)c4ccccc4)cc3)cc2)no1. The number of amides is 1. The summed E-state index contributed by atoms with van der Waals surface area (Å²) in [6.45, 7) is 6.43. The van der Waals surface area contributed by atoms with E-state index < -0.39 is 0 Å². The molecule has 0 atom stereocenters. The van der Waals surface area contributed by atoms with Crippen molar-refractivity contribution in [2.45, 2.75) is 39.2 Å². The second-order valence-electron chi connectivity index (χ2n) is 9.38. The van der Waals surface area contributed by atoms with E-state index >= 15 is 0 Å². The van der Waals surface area contributed by atoms with E-state index in [0.717, 1.165) is 11.1 Å². The van der Waals surface area contributed by atoms with E-state index in [4.69, 9.17) is 9.26 Å². The van der Waals surface area contributed by atoms with Crippen LogP contribution in [0.5, 0.6) is 5.75 Å². The first-order valence-corrected chi connectivity index (χ1v) is 11.5. The van der Waals surface area contributed by atoms with Crippen LogP contribution in [0, 0.1) is 0 Å². The molecule has 4 rings (SSSR count). The molecule has 0 saturated heterocycles. The Balaban J connectivity index is 1.27. The molecule has 0 aliphatic rings. The molecule has 0 bridgehead atoms. The predicted molar refractivity (Wildman–Crippen MR) is 135 cm³/mol. The molecule has 1 amide bonds. The second-order valence-corrected chi connectivity index (χ2v) is 9.38. The first-order valence-electron chi connectivity index (χ1n) is 11.5. The van der Waals surface area contributed by atoms with Gasteiger partial charge in [0.25, 0.3) is 0 Å². The Hall–Kier alpha value is -4.19. The summed E-state index contributed by atoms with van der Waals surface area (Å²) in [5.74, 6) is 1.65. The number of ketones is 1. The van der Waals surface area contributed by atoms with Crippen LogP contribution in [0.15, 0.2) is 89.5 Å². The van der Waals surface area contributed by atoms with Gasteiger partial charge in [0.1, 0.15) is 18.1 Å². The molecule has 1 aromatic heterocycles. The fourth-order valence-corrected chi connectivity index (χ4v) is 3.44. The molecule has 6 heteroatoms. The van der Waals surface area contributed by atoms with E-state index in [1.165, 1.54) is 0 Å². The van der Waals surface area contributed by atoms with Crippen LogP contribution < -0.4 is 10.1 Å². The van der Waals surface area contributed by atoms with Crippen LogP contribution in [-0.4, -0.2) is 16.8 Å². The number of carbonyl (C=O) groups is 2. The second kappa shape index (κ2) is 10.4. The normalized spacial score (nSPS) is 11.2. The quantitative estimate of drug-likeness (QED) is 0.323. The van der Waals surface area contributed by atoms with Gasteiger partial charge >= 0.3 is 0 Å². The summed E-state index contributed by atoms with van der Waals surface area (Å²) < 4.78 is 11.2. The summed E-state index contributed by atoms with van der Waals surface area (Å²) in [6.07, 6.45) is 0.217. The van der Waals surface area contributed by atoms with Crippen molar-refractivity contribution < 1.29 is 18.8 Å². The topological polar surface area (TPSA) is 81.4 Å². The van der Waals surface area contributed by atoms with Crippen molar-refractivity contribution in [2.24, 2.45) is 0 Å². The molecule has 0 unspecified atom stereocenters. The highest BCUT2D eigenvalue weighted by Gasteiger charge is 2.20. The maximum Gasteiger partial charge on any atom is 0.230 e. The summed E-state index contributed by atoms with van der Waals surface area (Å²) >= 11 is 0. The average Bonchev–Trinajstić information content (AvgIpc) is 3.33. The smallest absolute Gasteiger partial charge is 0.230 e. The highest BCUT2D eigenvalue weighted by atomic mass is 16.5. The number of ether oxygens (including phenoxy) is 1. The summed E-state index contributed by atoms with van der Waals surface area (Å²) in [7, 11) is 0. The lowest BCUT2D eigenvalue weighted by atomic mass is 9.93. The average molecular weight is 469 g/mol. The molecule has 0 saturated carbocycles. The van der Waals surface area contributed by atoms with Gasteiger partial charge in [-0.3, -0.25) is 9.59 Å². The van der Waals surface area contributed by atoms with Crippen molar-refractivity contribution >= 4 is 17.5 Å². The van der Waals surface area contributed by atoms with Crippen LogP contribution in [0.3, 0.4) is 0 Å². The van der Waals surface area contributed by atoms with E-state index in [1.54, 1.807) is 6.07 Å². The molecule has 0 aliphatic heterocycles. The molecular weight excluding hydrogens is 440 g/mol. The zero-order chi connectivity index (χ0) is 24.8. The Morgan fingerprint density at radius 2 is 1.49 bits per heavy atom. The van der Waals surface area contributed by atoms with Crippen molar-refractivity contribution in [1.82, 2.24) is 5.16 Å². The van der Waals surface area contributed by atoms with E-state index in [1.807, 2.05) is 99.6 Å². The third-order valence-corrected chi connectivity index (χ3v) is 5.46. The summed E-state index contributed by atoms with van der Waals surface area (Å²) in [5, 5.41) is 6.68. The maximum absolute atomic E-state index is 12.5. The number of carbonyl (C=O) groups excluding carboxylic acids is 2. The summed E-state index contributed by atoms with van der Waals surface area (Å²) in [4.78, 5) is 24.9. The van der Waals surface area contributed by atoms with Gasteiger partial charge in [0.05, 0.1) is 6.42 Å². The number of hydrogen-bond acceptors (Lipinski definition) is 5. The molecule has 4 aromatic rings. The highest BCUT2D eigenvalue weighted by Crippen LogP contribution is 2.24. The fourth-order valence-electron chi connectivity index (χ4n) is 3.44. The number of nitrogens with one attached hydrogen (secondary N) is 1. The number of anilines is 1. The zero-order valence-electron chi connectivity index (χ0n) is 20.1. The molecule has 35 heavy (non-hydrogen) atoms. The van der Waals surface area contributed by atoms with Crippen molar-refractivity contribution in [3.8, 4) is 5.75 Å². The van der Waals surface area contributed by atoms with Gasteiger partial charge in [-0.25, -0.2) is 0 Å². The van der Waals surface area contributed by atoms with E-state index in [2.05, 4.69) is 10.5 Å². The standard InChI is InChI=1S/C29H28N2O4/c1-29(2,3)25-18-26(31-35-25)30-27(32)17-20-11-15-24(16-12-20)34-19-21-9-13-23(14-10-21)28(33)22-7-5-4-6-8-22/h4-16,18H,17,19H2,1-3H3,(H,30,31,32). The minimum Gasteiger partial charge on any atom is -0.489 e.